The Morgan fingerprint density at radius 3 is 2.37 bits per heavy atom. The summed E-state index contributed by atoms with van der Waals surface area (Å²) in [6.07, 6.45) is 0.326. The van der Waals surface area contributed by atoms with Crippen LogP contribution in [-0.4, -0.2) is 5.11 Å². The van der Waals surface area contributed by atoms with E-state index in [2.05, 4.69) is 19.9 Å². The SMILES string of the molecule is CC[C@H](O)c1ccc(Oc2cccc(C)c2C)cc1. The van der Waals surface area contributed by atoms with Crippen molar-refractivity contribution in [3.05, 3.63) is 59.2 Å². The molecule has 0 aliphatic carbocycles. The molecule has 0 unspecified atom stereocenters. The summed E-state index contributed by atoms with van der Waals surface area (Å²) in [5.41, 5.74) is 3.30. The number of rotatable bonds is 4. The van der Waals surface area contributed by atoms with Gasteiger partial charge in [0.25, 0.3) is 0 Å². The molecule has 0 aliphatic heterocycles. The maximum atomic E-state index is 9.75. The minimum Gasteiger partial charge on any atom is -0.457 e. The lowest BCUT2D eigenvalue weighted by molar-refractivity contribution is 0.173. The van der Waals surface area contributed by atoms with Crippen LogP contribution in [-0.2, 0) is 0 Å². The van der Waals surface area contributed by atoms with Crippen molar-refractivity contribution >= 4 is 0 Å². The first kappa shape index (κ1) is 13.6. The lowest BCUT2D eigenvalue weighted by atomic mass is 10.1. The Bertz CT molecular complexity index is 544. The number of ether oxygens (including phenoxy) is 1. The third-order valence-corrected chi connectivity index (χ3v) is 3.43. The third kappa shape index (κ3) is 3.15. The minimum absolute atomic E-state index is 0.394. The summed E-state index contributed by atoms with van der Waals surface area (Å²) >= 11 is 0. The van der Waals surface area contributed by atoms with Crippen LogP contribution in [0.1, 0.15) is 36.1 Å². The van der Waals surface area contributed by atoms with Crippen LogP contribution in [0.4, 0.5) is 0 Å². The fraction of sp³-hybridized carbons (Fsp3) is 0.294. The highest BCUT2D eigenvalue weighted by molar-refractivity contribution is 5.41. The van der Waals surface area contributed by atoms with Crippen molar-refractivity contribution in [3.63, 3.8) is 0 Å². The van der Waals surface area contributed by atoms with E-state index >= 15 is 0 Å². The summed E-state index contributed by atoms with van der Waals surface area (Å²) in [7, 11) is 0. The van der Waals surface area contributed by atoms with Crippen molar-refractivity contribution in [2.45, 2.75) is 33.3 Å². The van der Waals surface area contributed by atoms with Crippen LogP contribution in [0.3, 0.4) is 0 Å². The zero-order valence-corrected chi connectivity index (χ0v) is 11.7. The molecule has 1 atom stereocenters. The molecule has 2 rings (SSSR count). The van der Waals surface area contributed by atoms with Gasteiger partial charge in [-0.3, -0.25) is 0 Å². The van der Waals surface area contributed by atoms with Gasteiger partial charge in [-0.05, 0) is 55.2 Å². The molecular weight excluding hydrogens is 236 g/mol. The molecule has 100 valence electrons. The van der Waals surface area contributed by atoms with Gasteiger partial charge in [-0.2, -0.15) is 0 Å². The average molecular weight is 256 g/mol. The smallest absolute Gasteiger partial charge is 0.130 e. The molecule has 0 saturated carbocycles. The molecule has 0 amide bonds. The Kier molecular flexibility index (Phi) is 4.23. The number of hydrogen-bond donors (Lipinski definition) is 1. The van der Waals surface area contributed by atoms with Gasteiger partial charge >= 0.3 is 0 Å². The van der Waals surface area contributed by atoms with Crippen molar-refractivity contribution < 1.29 is 9.84 Å². The summed E-state index contributed by atoms with van der Waals surface area (Å²) in [5, 5.41) is 9.75. The van der Waals surface area contributed by atoms with Gasteiger partial charge in [0.2, 0.25) is 0 Å². The van der Waals surface area contributed by atoms with Crippen LogP contribution in [0.2, 0.25) is 0 Å². The van der Waals surface area contributed by atoms with Crippen LogP contribution in [0.5, 0.6) is 11.5 Å². The molecule has 1 N–H and O–H groups in total. The Morgan fingerprint density at radius 1 is 1.05 bits per heavy atom. The molecule has 2 nitrogen and oxygen atoms in total. The van der Waals surface area contributed by atoms with E-state index in [1.165, 1.54) is 5.56 Å². The molecule has 0 aromatic heterocycles. The predicted octanol–water partition coefficient (Wildman–Crippen LogP) is 4.54. The normalized spacial score (nSPS) is 12.2. The van der Waals surface area contributed by atoms with E-state index in [1.807, 2.05) is 43.3 Å². The predicted molar refractivity (Wildman–Crippen MR) is 77.7 cm³/mol. The molecule has 0 saturated heterocycles. The second-order valence-electron chi connectivity index (χ2n) is 4.79. The Hall–Kier alpha value is -1.80. The first-order chi connectivity index (χ1) is 9.11. The molecule has 2 heteroatoms. The van der Waals surface area contributed by atoms with Gasteiger partial charge < -0.3 is 9.84 Å². The van der Waals surface area contributed by atoms with Gasteiger partial charge in [0, 0.05) is 0 Å². The highest BCUT2D eigenvalue weighted by atomic mass is 16.5. The fourth-order valence-electron chi connectivity index (χ4n) is 1.96. The third-order valence-electron chi connectivity index (χ3n) is 3.43. The highest BCUT2D eigenvalue weighted by Gasteiger charge is 2.06. The lowest BCUT2D eigenvalue weighted by Gasteiger charge is -2.12. The number of aliphatic hydroxyl groups is 1. The largest absolute Gasteiger partial charge is 0.457 e. The summed E-state index contributed by atoms with van der Waals surface area (Å²) in [6, 6.07) is 13.7. The van der Waals surface area contributed by atoms with Crippen LogP contribution in [0.15, 0.2) is 42.5 Å². The fourth-order valence-corrected chi connectivity index (χ4v) is 1.96. The van der Waals surface area contributed by atoms with E-state index in [0.29, 0.717) is 0 Å². The van der Waals surface area contributed by atoms with Crippen molar-refractivity contribution in [2.24, 2.45) is 0 Å². The molecule has 2 aromatic rings. The molecule has 0 bridgehead atoms. The lowest BCUT2D eigenvalue weighted by Crippen LogP contribution is -1.95. The van der Waals surface area contributed by atoms with Crippen molar-refractivity contribution in [3.8, 4) is 11.5 Å². The van der Waals surface area contributed by atoms with Crippen LogP contribution < -0.4 is 4.74 Å². The van der Waals surface area contributed by atoms with Gasteiger partial charge in [0.05, 0.1) is 6.10 Å². The van der Waals surface area contributed by atoms with Crippen molar-refractivity contribution in [1.82, 2.24) is 0 Å². The highest BCUT2D eigenvalue weighted by Crippen LogP contribution is 2.28. The standard InChI is InChI=1S/C17H20O2/c1-4-16(18)14-8-10-15(11-9-14)19-17-7-5-6-12(2)13(17)3/h5-11,16,18H,4H2,1-3H3/t16-/m0/s1. The maximum Gasteiger partial charge on any atom is 0.130 e. The van der Waals surface area contributed by atoms with E-state index in [0.717, 1.165) is 29.0 Å². The minimum atomic E-state index is -0.394. The molecular formula is C17H20O2. The first-order valence-electron chi connectivity index (χ1n) is 6.64. The first-order valence-corrected chi connectivity index (χ1v) is 6.64. The summed E-state index contributed by atoms with van der Waals surface area (Å²) in [5.74, 6) is 1.67. The Morgan fingerprint density at radius 2 is 1.74 bits per heavy atom. The molecule has 0 spiro atoms. The average Bonchev–Trinajstić information content (AvgIpc) is 2.44. The van der Waals surface area contributed by atoms with Gasteiger partial charge in [-0.15, -0.1) is 0 Å². The molecule has 0 fully saturated rings. The molecule has 0 aliphatic rings. The van der Waals surface area contributed by atoms with Gasteiger partial charge in [-0.1, -0.05) is 31.2 Å². The second kappa shape index (κ2) is 5.89. The van der Waals surface area contributed by atoms with E-state index < -0.39 is 6.10 Å². The van der Waals surface area contributed by atoms with Crippen molar-refractivity contribution in [2.75, 3.05) is 0 Å². The summed E-state index contributed by atoms with van der Waals surface area (Å²) in [4.78, 5) is 0. The van der Waals surface area contributed by atoms with E-state index in [9.17, 15) is 5.11 Å². The maximum absolute atomic E-state index is 9.75. The topological polar surface area (TPSA) is 29.5 Å². The summed E-state index contributed by atoms with van der Waals surface area (Å²) in [6.45, 7) is 6.09. The molecule has 2 aromatic carbocycles. The molecule has 0 heterocycles. The second-order valence-corrected chi connectivity index (χ2v) is 4.79. The van der Waals surface area contributed by atoms with E-state index in [4.69, 9.17) is 4.74 Å². The number of aliphatic hydroxyl groups excluding tert-OH is 1. The van der Waals surface area contributed by atoms with Crippen LogP contribution in [0.25, 0.3) is 0 Å². The zero-order chi connectivity index (χ0) is 13.8. The number of hydrogen-bond acceptors (Lipinski definition) is 2. The van der Waals surface area contributed by atoms with Gasteiger partial charge in [0.15, 0.2) is 0 Å². The number of aryl methyl sites for hydroxylation is 1. The van der Waals surface area contributed by atoms with E-state index in [-0.39, 0.29) is 0 Å². The molecule has 0 radical (unpaired) electrons. The van der Waals surface area contributed by atoms with Gasteiger partial charge in [0.1, 0.15) is 11.5 Å². The van der Waals surface area contributed by atoms with Gasteiger partial charge in [-0.25, -0.2) is 0 Å². The quantitative estimate of drug-likeness (QED) is 0.870. The Labute approximate surface area is 114 Å². The monoisotopic (exact) mass is 256 g/mol. The number of benzene rings is 2. The zero-order valence-electron chi connectivity index (χ0n) is 11.7. The Balaban J connectivity index is 2.18. The van der Waals surface area contributed by atoms with Crippen LogP contribution in [0, 0.1) is 13.8 Å². The van der Waals surface area contributed by atoms with Crippen molar-refractivity contribution in [1.29, 1.82) is 0 Å². The van der Waals surface area contributed by atoms with E-state index in [1.54, 1.807) is 0 Å². The summed E-state index contributed by atoms with van der Waals surface area (Å²) < 4.78 is 5.88. The van der Waals surface area contributed by atoms with Crippen LogP contribution >= 0.6 is 0 Å². The molecule has 19 heavy (non-hydrogen) atoms.